The maximum absolute atomic E-state index is 8.69. The molecule has 0 spiro atoms. The summed E-state index contributed by atoms with van der Waals surface area (Å²) in [7, 11) is 0. The molecule has 0 aromatic carbocycles. The van der Waals surface area contributed by atoms with Gasteiger partial charge in [0.15, 0.2) is 10.9 Å². The fourth-order valence-corrected chi connectivity index (χ4v) is 1.13. The Labute approximate surface area is 96.7 Å². The highest BCUT2D eigenvalue weighted by atomic mass is 35.5. The molecule has 0 unspecified atom stereocenters. The number of nitriles is 2. The van der Waals surface area contributed by atoms with E-state index in [0.717, 1.165) is 0 Å². The molecule has 1 aromatic heterocycles. The van der Waals surface area contributed by atoms with Gasteiger partial charge in [0.2, 0.25) is 0 Å². The topological polar surface area (TPSA) is 115 Å². The van der Waals surface area contributed by atoms with Crippen LogP contribution in [-0.4, -0.2) is 16.4 Å². The van der Waals surface area contributed by atoms with Gasteiger partial charge in [-0.05, 0) is 6.92 Å². The van der Waals surface area contributed by atoms with E-state index >= 15 is 0 Å². The fourth-order valence-electron chi connectivity index (χ4n) is 0.899. The number of aryl methyl sites for hydroxylation is 1. The van der Waals surface area contributed by atoms with Gasteiger partial charge in [-0.2, -0.15) is 15.6 Å². The molecule has 1 rings (SSSR count). The average Bonchev–Trinajstić information content (AvgIpc) is 2.60. The van der Waals surface area contributed by atoms with Crippen LogP contribution in [0.1, 0.15) is 11.3 Å². The van der Waals surface area contributed by atoms with Gasteiger partial charge in [0, 0.05) is 11.9 Å². The molecule has 1 aromatic rings. The summed E-state index contributed by atoms with van der Waals surface area (Å²) in [5.41, 5.74) is 6.14. The standard InChI is InChI=1S/C9H7ClN6/c1-5-6(9(10)16-15-5)4-14-8(3-12)7(13)2-11/h4H,13H2,1H3,(H,15,16)/b8-7-,14-4?. The van der Waals surface area contributed by atoms with E-state index in [1.54, 1.807) is 19.1 Å². The third-order valence-corrected chi connectivity index (χ3v) is 2.04. The average molecular weight is 235 g/mol. The van der Waals surface area contributed by atoms with Crippen molar-refractivity contribution in [3.05, 3.63) is 27.8 Å². The van der Waals surface area contributed by atoms with Crippen LogP contribution in [0.25, 0.3) is 0 Å². The molecule has 3 N–H and O–H groups in total. The van der Waals surface area contributed by atoms with Gasteiger partial charge >= 0.3 is 0 Å². The number of aromatic nitrogens is 2. The van der Waals surface area contributed by atoms with Gasteiger partial charge in [-0.3, -0.25) is 5.10 Å². The van der Waals surface area contributed by atoms with Gasteiger partial charge in [-0.25, -0.2) is 4.99 Å². The van der Waals surface area contributed by atoms with Crippen LogP contribution in [0.4, 0.5) is 0 Å². The molecular formula is C9H7ClN6. The predicted octanol–water partition coefficient (Wildman–Crippen LogP) is 1.01. The molecule has 0 amide bonds. The van der Waals surface area contributed by atoms with Crippen LogP contribution in [0, 0.1) is 29.6 Å². The van der Waals surface area contributed by atoms with Crippen molar-refractivity contribution in [3.63, 3.8) is 0 Å². The number of nitrogens with zero attached hydrogens (tertiary/aromatic N) is 4. The summed E-state index contributed by atoms with van der Waals surface area (Å²) >= 11 is 5.76. The van der Waals surface area contributed by atoms with E-state index in [4.69, 9.17) is 27.9 Å². The molecule has 0 bridgehead atoms. The second-order valence-electron chi connectivity index (χ2n) is 2.80. The number of hydrogen-bond donors (Lipinski definition) is 2. The summed E-state index contributed by atoms with van der Waals surface area (Å²) < 4.78 is 0. The molecule has 1 heterocycles. The highest BCUT2D eigenvalue weighted by molar-refractivity contribution is 6.32. The summed E-state index contributed by atoms with van der Waals surface area (Å²) in [6.45, 7) is 1.75. The molecule has 0 aliphatic heterocycles. The first-order chi connectivity index (χ1) is 7.60. The Bertz CT molecular complexity index is 520. The Morgan fingerprint density at radius 2 is 2.25 bits per heavy atom. The van der Waals surface area contributed by atoms with Crippen LogP contribution in [-0.2, 0) is 0 Å². The first-order valence-corrected chi connectivity index (χ1v) is 4.52. The van der Waals surface area contributed by atoms with Crippen molar-refractivity contribution in [3.8, 4) is 12.1 Å². The lowest BCUT2D eigenvalue weighted by atomic mass is 10.3. The van der Waals surface area contributed by atoms with E-state index in [1.165, 1.54) is 6.21 Å². The zero-order valence-corrected chi connectivity index (χ0v) is 9.08. The van der Waals surface area contributed by atoms with E-state index in [0.29, 0.717) is 11.3 Å². The number of halogens is 1. The largest absolute Gasteiger partial charge is 0.388 e. The summed E-state index contributed by atoms with van der Waals surface area (Å²) in [5.74, 6) is 0. The SMILES string of the molecule is Cc1[nH]nc(Cl)c1C=N/C(C#N)=C(\N)C#N. The minimum Gasteiger partial charge on any atom is -0.388 e. The monoisotopic (exact) mass is 234 g/mol. The quantitative estimate of drug-likeness (QED) is 0.587. The molecule has 7 heteroatoms. The number of rotatable bonds is 2. The molecule has 0 saturated carbocycles. The zero-order chi connectivity index (χ0) is 12.1. The molecule has 0 fully saturated rings. The Morgan fingerprint density at radius 3 is 2.69 bits per heavy atom. The van der Waals surface area contributed by atoms with Gasteiger partial charge in [0.05, 0.1) is 5.56 Å². The third kappa shape index (κ3) is 2.38. The van der Waals surface area contributed by atoms with Crippen LogP contribution in [0.5, 0.6) is 0 Å². The maximum Gasteiger partial charge on any atom is 0.174 e. The van der Waals surface area contributed by atoms with Crippen LogP contribution in [0.3, 0.4) is 0 Å². The van der Waals surface area contributed by atoms with Crippen molar-refractivity contribution in [2.24, 2.45) is 10.7 Å². The second-order valence-corrected chi connectivity index (χ2v) is 3.16. The lowest BCUT2D eigenvalue weighted by molar-refractivity contribution is 1.05. The number of nitrogens with one attached hydrogen (secondary N) is 1. The van der Waals surface area contributed by atoms with Gasteiger partial charge in [-0.15, -0.1) is 0 Å². The van der Waals surface area contributed by atoms with E-state index in [-0.39, 0.29) is 16.5 Å². The highest BCUT2D eigenvalue weighted by Gasteiger charge is 2.06. The summed E-state index contributed by atoms with van der Waals surface area (Å²) in [6, 6.07) is 3.35. The number of hydrogen-bond acceptors (Lipinski definition) is 5. The highest BCUT2D eigenvalue weighted by Crippen LogP contribution is 2.13. The van der Waals surface area contributed by atoms with Crippen LogP contribution >= 0.6 is 11.6 Å². The van der Waals surface area contributed by atoms with E-state index in [9.17, 15) is 0 Å². The smallest absolute Gasteiger partial charge is 0.174 e. The van der Waals surface area contributed by atoms with Crippen LogP contribution in [0.15, 0.2) is 16.4 Å². The Hall–Kier alpha value is -2.31. The maximum atomic E-state index is 8.69. The fraction of sp³-hybridized carbons (Fsp3) is 0.111. The zero-order valence-electron chi connectivity index (χ0n) is 8.32. The number of aliphatic imine (C=N–C) groups is 1. The minimum absolute atomic E-state index is 0.154. The number of nitrogens with two attached hydrogens (primary N) is 1. The molecule has 80 valence electrons. The van der Waals surface area contributed by atoms with E-state index in [2.05, 4.69) is 15.2 Å². The second kappa shape index (κ2) is 4.96. The van der Waals surface area contributed by atoms with E-state index < -0.39 is 0 Å². The molecule has 0 radical (unpaired) electrons. The van der Waals surface area contributed by atoms with Crippen molar-refractivity contribution < 1.29 is 0 Å². The summed E-state index contributed by atoms with van der Waals surface area (Å²) in [5, 5.41) is 23.8. The minimum atomic E-state index is -0.240. The van der Waals surface area contributed by atoms with Crippen molar-refractivity contribution in [1.29, 1.82) is 10.5 Å². The first kappa shape index (κ1) is 11.8. The Kier molecular flexibility index (Phi) is 3.65. The lowest BCUT2D eigenvalue weighted by Gasteiger charge is -1.91. The van der Waals surface area contributed by atoms with Crippen molar-refractivity contribution in [2.45, 2.75) is 6.92 Å². The summed E-state index contributed by atoms with van der Waals surface area (Å²) in [4.78, 5) is 3.78. The molecule has 0 aliphatic carbocycles. The Morgan fingerprint density at radius 1 is 1.56 bits per heavy atom. The molecule has 6 nitrogen and oxygen atoms in total. The lowest BCUT2D eigenvalue weighted by Crippen LogP contribution is -1.97. The molecule has 0 aliphatic rings. The molecule has 16 heavy (non-hydrogen) atoms. The van der Waals surface area contributed by atoms with Crippen molar-refractivity contribution in [2.75, 3.05) is 0 Å². The van der Waals surface area contributed by atoms with E-state index in [1.807, 2.05) is 0 Å². The van der Waals surface area contributed by atoms with Gasteiger partial charge in [-0.1, -0.05) is 11.6 Å². The predicted molar refractivity (Wildman–Crippen MR) is 58.4 cm³/mol. The molecular weight excluding hydrogens is 228 g/mol. The Balaban J connectivity index is 3.08. The normalized spacial score (nSPS) is 12.0. The number of allylic oxidation sites excluding steroid dienone is 2. The number of aromatic amines is 1. The van der Waals surface area contributed by atoms with Gasteiger partial charge < -0.3 is 5.73 Å². The van der Waals surface area contributed by atoms with Crippen molar-refractivity contribution in [1.82, 2.24) is 10.2 Å². The molecule has 0 saturated heterocycles. The van der Waals surface area contributed by atoms with Gasteiger partial charge in [0.25, 0.3) is 0 Å². The van der Waals surface area contributed by atoms with Crippen molar-refractivity contribution >= 4 is 17.8 Å². The van der Waals surface area contributed by atoms with Crippen LogP contribution < -0.4 is 5.73 Å². The van der Waals surface area contributed by atoms with Gasteiger partial charge in [0.1, 0.15) is 17.8 Å². The third-order valence-electron chi connectivity index (χ3n) is 1.75. The summed E-state index contributed by atoms with van der Waals surface area (Å²) in [6.07, 6.45) is 1.34. The van der Waals surface area contributed by atoms with Crippen LogP contribution in [0.2, 0.25) is 5.15 Å². The molecule has 0 atom stereocenters. The number of H-pyrrole nitrogens is 1. The first-order valence-electron chi connectivity index (χ1n) is 4.14.